The molecule has 0 radical (unpaired) electrons. The van der Waals surface area contributed by atoms with Crippen molar-refractivity contribution in [2.45, 2.75) is 0 Å². The van der Waals surface area contributed by atoms with E-state index in [1.807, 2.05) is 30.3 Å². The fourth-order valence-electron chi connectivity index (χ4n) is 1.23. The Kier molecular flexibility index (Phi) is 2.37. The van der Waals surface area contributed by atoms with Gasteiger partial charge in [-0.1, -0.05) is 18.2 Å². The number of nitrogens with zero attached hydrogens (tertiary/aromatic N) is 3. The van der Waals surface area contributed by atoms with Crippen LogP contribution in [0.2, 0.25) is 0 Å². The minimum absolute atomic E-state index is 0.00770. The summed E-state index contributed by atoms with van der Waals surface area (Å²) in [5.74, 6) is 0.507. The van der Waals surface area contributed by atoms with Gasteiger partial charge in [-0.3, -0.25) is 0 Å². The van der Waals surface area contributed by atoms with Crippen molar-refractivity contribution < 1.29 is 0 Å². The molecule has 0 saturated heterocycles. The normalized spacial score (nSPS) is 9.87. The number of benzene rings is 1. The van der Waals surface area contributed by atoms with Crippen molar-refractivity contribution in [3.05, 3.63) is 42.6 Å². The smallest absolute Gasteiger partial charge is 0.192 e. The maximum Gasteiger partial charge on any atom is 0.192 e. The van der Waals surface area contributed by atoms with Crippen LogP contribution in [-0.2, 0) is 0 Å². The van der Waals surface area contributed by atoms with Gasteiger partial charge in [0.1, 0.15) is 0 Å². The summed E-state index contributed by atoms with van der Waals surface area (Å²) in [6.45, 7) is 0. The topological polar surface area (TPSA) is 82.2 Å². The first-order valence-electron chi connectivity index (χ1n) is 4.46. The molecule has 0 saturated carbocycles. The molecule has 1 aromatic heterocycles. The lowest BCUT2D eigenvalue weighted by Gasteiger charge is -1.98. The molecular formula is C10H11N5. The number of aromatic nitrogens is 2. The predicted molar refractivity (Wildman–Crippen MR) is 59.0 cm³/mol. The van der Waals surface area contributed by atoms with Crippen LogP contribution in [0.3, 0.4) is 0 Å². The van der Waals surface area contributed by atoms with Crippen LogP contribution in [0.15, 0.2) is 47.6 Å². The van der Waals surface area contributed by atoms with Gasteiger partial charge in [-0.25, -0.2) is 4.68 Å². The summed E-state index contributed by atoms with van der Waals surface area (Å²) in [6.07, 6.45) is 1.80. The van der Waals surface area contributed by atoms with Crippen molar-refractivity contribution in [3.63, 3.8) is 0 Å². The quantitative estimate of drug-likeness (QED) is 0.556. The highest BCUT2D eigenvalue weighted by molar-refractivity contribution is 5.78. The van der Waals surface area contributed by atoms with Gasteiger partial charge in [0, 0.05) is 12.3 Å². The Morgan fingerprint density at radius 1 is 1.13 bits per heavy atom. The molecule has 1 heterocycles. The van der Waals surface area contributed by atoms with Gasteiger partial charge in [0.05, 0.1) is 5.69 Å². The van der Waals surface area contributed by atoms with Gasteiger partial charge in [0.2, 0.25) is 0 Å². The van der Waals surface area contributed by atoms with E-state index in [1.165, 1.54) is 0 Å². The summed E-state index contributed by atoms with van der Waals surface area (Å²) < 4.78 is 1.71. The van der Waals surface area contributed by atoms with E-state index in [9.17, 15) is 0 Å². The monoisotopic (exact) mass is 201 g/mol. The summed E-state index contributed by atoms with van der Waals surface area (Å²) >= 11 is 0. The highest BCUT2D eigenvalue weighted by atomic mass is 15.3. The lowest BCUT2D eigenvalue weighted by atomic mass is 10.3. The molecule has 5 heteroatoms. The minimum atomic E-state index is 0.00770. The summed E-state index contributed by atoms with van der Waals surface area (Å²) in [4.78, 5) is 3.85. The van der Waals surface area contributed by atoms with Crippen LogP contribution in [0.4, 0.5) is 5.82 Å². The number of hydrogen-bond acceptors (Lipinski definition) is 2. The molecule has 0 bridgehead atoms. The van der Waals surface area contributed by atoms with Gasteiger partial charge in [-0.05, 0) is 12.1 Å². The SMILES string of the molecule is NC(N)=Nc1ccn(-c2ccccc2)n1. The summed E-state index contributed by atoms with van der Waals surface area (Å²) in [5, 5.41) is 4.19. The second kappa shape index (κ2) is 3.83. The van der Waals surface area contributed by atoms with Crippen LogP contribution in [-0.4, -0.2) is 15.7 Å². The molecule has 0 amide bonds. The van der Waals surface area contributed by atoms with Crippen LogP contribution < -0.4 is 11.5 Å². The Morgan fingerprint density at radius 2 is 1.87 bits per heavy atom. The van der Waals surface area contributed by atoms with Gasteiger partial charge >= 0.3 is 0 Å². The maximum atomic E-state index is 5.25. The average molecular weight is 201 g/mol. The van der Waals surface area contributed by atoms with Gasteiger partial charge in [-0.2, -0.15) is 4.99 Å². The molecule has 2 rings (SSSR count). The molecule has 0 unspecified atom stereocenters. The van der Waals surface area contributed by atoms with Gasteiger partial charge < -0.3 is 11.5 Å². The number of aliphatic imine (C=N–C) groups is 1. The number of para-hydroxylation sites is 1. The van der Waals surface area contributed by atoms with E-state index < -0.39 is 0 Å². The van der Waals surface area contributed by atoms with E-state index in [1.54, 1.807) is 16.9 Å². The average Bonchev–Trinajstić information content (AvgIpc) is 2.67. The lowest BCUT2D eigenvalue weighted by Crippen LogP contribution is -2.21. The molecule has 0 aliphatic rings. The van der Waals surface area contributed by atoms with Crippen LogP contribution in [0, 0.1) is 0 Å². The summed E-state index contributed by atoms with van der Waals surface area (Å²) in [5.41, 5.74) is 11.5. The molecule has 0 aliphatic carbocycles. The Labute approximate surface area is 87.0 Å². The van der Waals surface area contributed by atoms with Gasteiger partial charge in [-0.15, -0.1) is 5.10 Å². The van der Waals surface area contributed by atoms with Crippen molar-refractivity contribution in [1.29, 1.82) is 0 Å². The first kappa shape index (κ1) is 9.26. The highest BCUT2D eigenvalue weighted by Gasteiger charge is 1.98. The molecule has 15 heavy (non-hydrogen) atoms. The van der Waals surface area contributed by atoms with E-state index in [0.29, 0.717) is 5.82 Å². The molecule has 0 fully saturated rings. The van der Waals surface area contributed by atoms with Crippen molar-refractivity contribution in [2.75, 3.05) is 0 Å². The number of guanidine groups is 1. The van der Waals surface area contributed by atoms with E-state index in [0.717, 1.165) is 5.69 Å². The lowest BCUT2D eigenvalue weighted by molar-refractivity contribution is 0.880. The fraction of sp³-hybridized carbons (Fsp3) is 0. The van der Waals surface area contributed by atoms with Crippen molar-refractivity contribution in [2.24, 2.45) is 16.5 Å². The van der Waals surface area contributed by atoms with Crippen LogP contribution >= 0.6 is 0 Å². The Bertz CT molecular complexity index is 468. The second-order valence-corrected chi connectivity index (χ2v) is 2.99. The van der Waals surface area contributed by atoms with Crippen molar-refractivity contribution in [3.8, 4) is 5.69 Å². The third-order valence-corrected chi connectivity index (χ3v) is 1.84. The summed E-state index contributed by atoms with van der Waals surface area (Å²) in [7, 11) is 0. The Hall–Kier alpha value is -2.30. The second-order valence-electron chi connectivity index (χ2n) is 2.99. The van der Waals surface area contributed by atoms with Crippen LogP contribution in [0.25, 0.3) is 5.69 Å². The van der Waals surface area contributed by atoms with Crippen LogP contribution in [0.5, 0.6) is 0 Å². The van der Waals surface area contributed by atoms with Crippen LogP contribution in [0.1, 0.15) is 0 Å². The van der Waals surface area contributed by atoms with Crippen molar-refractivity contribution in [1.82, 2.24) is 9.78 Å². The highest BCUT2D eigenvalue weighted by Crippen LogP contribution is 2.11. The number of nitrogens with two attached hydrogens (primary N) is 2. The zero-order chi connectivity index (χ0) is 10.7. The third-order valence-electron chi connectivity index (χ3n) is 1.84. The van der Waals surface area contributed by atoms with E-state index in [-0.39, 0.29) is 5.96 Å². The predicted octanol–water partition coefficient (Wildman–Crippen LogP) is 0.777. The number of hydrogen-bond donors (Lipinski definition) is 2. The van der Waals surface area contributed by atoms with E-state index >= 15 is 0 Å². The maximum absolute atomic E-state index is 5.25. The molecule has 1 aromatic carbocycles. The molecule has 0 atom stereocenters. The molecule has 5 nitrogen and oxygen atoms in total. The largest absolute Gasteiger partial charge is 0.370 e. The summed E-state index contributed by atoms with van der Waals surface area (Å²) in [6, 6.07) is 11.5. The Balaban J connectivity index is 2.32. The number of rotatable bonds is 2. The molecule has 0 spiro atoms. The van der Waals surface area contributed by atoms with E-state index in [4.69, 9.17) is 11.5 Å². The zero-order valence-corrected chi connectivity index (χ0v) is 8.04. The van der Waals surface area contributed by atoms with Gasteiger partial charge in [0.15, 0.2) is 11.8 Å². The van der Waals surface area contributed by atoms with Crippen molar-refractivity contribution >= 4 is 11.8 Å². The zero-order valence-electron chi connectivity index (χ0n) is 8.04. The molecular weight excluding hydrogens is 190 g/mol. The fourth-order valence-corrected chi connectivity index (χ4v) is 1.23. The first-order chi connectivity index (χ1) is 7.25. The Morgan fingerprint density at radius 3 is 2.53 bits per heavy atom. The molecule has 4 N–H and O–H groups in total. The molecule has 2 aromatic rings. The molecule has 76 valence electrons. The van der Waals surface area contributed by atoms with E-state index in [2.05, 4.69) is 10.1 Å². The molecule has 0 aliphatic heterocycles. The van der Waals surface area contributed by atoms with Gasteiger partial charge in [0.25, 0.3) is 0 Å². The minimum Gasteiger partial charge on any atom is -0.370 e. The standard InChI is InChI=1S/C10H11N5/c11-10(12)13-9-6-7-15(14-9)8-4-2-1-3-5-8/h1-7H,(H4,11,12,13,14). The first-order valence-corrected chi connectivity index (χ1v) is 4.46. The third kappa shape index (κ3) is 2.14.